The summed E-state index contributed by atoms with van der Waals surface area (Å²) in [6.07, 6.45) is 0.385. The first-order valence-corrected chi connectivity index (χ1v) is 4.24. The number of anilines is 1. The van der Waals surface area contributed by atoms with Gasteiger partial charge in [-0.1, -0.05) is 0 Å². The van der Waals surface area contributed by atoms with Crippen molar-refractivity contribution < 1.29 is 4.74 Å². The van der Waals surface area contributed by atoms with Crippen LogP contribution in [0.5, 0.6) is 0 Å². The van der Waals surface area contributed by atoms with Gasteiger partial charge in [0.05, 0.1) is 24.3 Å². The van der Waals surface area contributed by atoms with Gasteiger partial charge in [0, 0.05) is 12.2 Å². The Bertz CT molecular complexity index is 322. The van der Waals surface area contributed by atoms with Crippen LogP contribution in [0, 0.1) is 11.3 Å². The smallest absolute Gasteiger partial charge is 0.0991 e. The molecule has 3 nitrogen and oxygen atoms in total. The Balaban J connectivity index is 1.93. The molecule has 1 unspecified atom stereocenters. The minimum Gasteiger partial charge on any atom is -0.382 e. The first-order chi connectivity index (χ1) is 6.38. The molecule has 0 amide bonds. The molecule has 2 rings (SSSR count). The van der Waals surface area contributed by atoms with E-state index < -0.39 is 0 Å². The normalized spacial score (nSPS) is 19.2. The SMILES string of the molecule is N#Cc1ccc(NCC2CO2)cc1. The maximum atomic E-state index is 8.57. The first kappa shape index (κ1) is 8.09. The largest absolute Gasteiger partial charge is 0.382 e. The lowest BCUT2D eigenvalue weighted by atomic mass is 10.2. The van der Waals surface area contributed by atoms with E-state index in [1.54, 1.807) is 12.1 Å². The van der Waals surface area contributed by atoms with Gasteiger partial charge >= 0.3 is 0 Å². The van der Waals surface area contributed by atoms with Gasteiger partial charge in [0.1, 0.15) is 0 Å². The van der Waals surface area contributed by atoms with Crippen molar-refractivity contribution in [1.29, 1.82) is 5.26 Å². The van der Waals surface area contributed by atoms with Crippen LogP contribution >= 0.6 is 0 Å². The van der Waals surface area contributed by atoms with E-state index in [-0.39, 0.29) is 0 Å². The Hall–Kier alpha value is -1.53. The molecular weight excluding hydrogens is 164 g/mol. The molecule has 1 aromatic rings. The Morgan fingerprint density at radius 2 is 2.15 bits per heavy atom. The van der Waals surface area contributed by atoms with Gasteiger partial charge in [-0.25, -0.2) is 0 Å². The molecule has 0 aromatic heterocycles. The van der Waals surface area contributed by atoms with Gasteiger partial charge < -0.3 is 10.1 Å². The summed E-state index contributed by atoms with van der Waals surface area (Å²) in [6, 6.07) is 9.49. The van der Waals surface area contributed by atoms with Crippen LogP contribution in [0.3, 0.4) is 0 Å². The van der Waals surface area contributed by atoms with Crippen LogP contribution in [0.2, 0.25) is 0 Å². The van der Waals surface area contributed by atoms with Crippen LogP contribution in [0.15, 0.2) is 24.3 Å². The van der Waals surface area contributed by atoms with Gasteiger partial charge in [0.15, 0.2) is 0 Å². The average Bonchev–Trinajstić information content (AvgIpc) is 2.99. The van der Waals surface area contributed by atoms with Crippen LogP contribution in [-0.2, 0) is 4.74 Å². The predicted molar refractivity (Wildman–Crippen MR) is 49.4 cm³/mol. The summed E-state index contributed by atoms with van der Waals surface area (Å²) in [5.41, 5.74) is 1.72. The highest BCUT2D eigenvalue weighted by Gasteiger charge is 2.21. The second-order valence-electron chi connectivity index (χ2n) is 3.03. The highest BCUT2D eigenvalue weighted by Crippen LogP contribution is 2.12. The lowest BCUT2D eigenvalue weighted by molar-refractivity contribution is 0.417. The maximum Gasteiger partial charge on any atom is 0.0991 e. The first-order valence-electron chi connectivity index (χ1n) is 4.24. The Labute approximate surface area is 76.9 Å². The molecule has 1 heterocycles. The maximum absolute atomic E-state index is 8.57. The summed E-state index contributed by atoms with van der Waals surface area (Å²) in [5.74, 6) is 0. The van der Waals surface area contributed by atoms with E-state index in [1.807, 2.05) is 12.1 Å². The van der Waals surface area contributed by atoms with Crippen molar-refractivity contribution in [1.82, 2.24) is 0 Å². The van der Waals surface area contributed by atoms with Gasteiger partial charge in [-0.3, -0.25) is 0 Å². The van der Waals surface area contributed by atoms with Crippen molar-refractivity contribution in [3.05, 3.63) is 29.8 Å². The molecule has 3 heteroatoms. The van der Waals surface area contributed by atoms with E-state index in [9.17, 15) is 0 Å². The molecule has 1 aromatic carbocycles. The van der Waals surface area contributed by atoms with E-state index in [2.05, 4.69) is 11.4 Å². The number of hydrogen-bond donors (Lipinski definition) is 1. The number of epoxide rings is 1. The molecule has 1 N–H and O–H groups in total. The second kappa shape index (κ2) is 3.46. The van der Waals surface area contributed by atoms with Crippen LogP contribution in [-0.4, -0.2) is 19.3 Å². The van der Waals surface area contributed by atoms with Crippen molar-refractivity contribution in [3.8, 4) is 6.07 Å². The zero-order chi connectivity index (χ0) is 9.10. The molecule has 1 aliphatic heterocycles. The summed E-state index contributed by atoms with van der Waals surface area (Å²) < 4.78 is 5.06. The van der Waals surface area contributed by atoms with Crippen LogP contribution in [0.4, 0.5) is 5.69 Å². The molecule has 1 fully saturated rings. The highest BCUT2D eigenvalue weighted by molar-refractivity contribution is 5.47. The molecule has 0 bridgehead atoms. The van der Waals surface area contributed by atoms with E-state index in [4.69, 9.17) is 10.00 Å². The fourth-order valence-corrected chi connectivity index (χ4v) is 1.08. The Morgan fingerprint density at radius 1 is 1.46 bits per heavy atom. The number of nitrogens with one attached hydrogen (secondary N) is 1. The Morgan fingerprint density at radius 3 is 2.69 bits per heavy atom. The summed E-state index contributed by atoms with van der Waals surface area (Å²) in [4.78, 5) is 0. The van der Waals surface area contributed by atoms with Crippen LogP contribution in [0.1, 0.15) is 5.56 Å². The molecule has 1 aliphatic rings. The topological polar surface area (TPSA) is 48.4 Å². The van der Waals surface area contributed by atoms with Gasteiger partial charge in [-0.15, -0.1) is 0 Å². The monoisotopic (exact) mass is 174 g/mol. The minimum atomic E-state index is 0.385. The number of benzene rings is 1. The number of ether oxygens (including phenoxy) is 1. The summed E-state index contributed by atoms with van der Waals surface area (Å²) in [7, 11) is 0. The third kappa shape index (κ3) is 2.20. The van der Waals surface area contributed by atoms with Gasteiger partial charge in [-0.05, 0) is 24.3 Å². The van der Waals surface area contributed by atoms with Crippen LogP contribution in [0.25, 0.3) is 0 Å². The lowest BCUT2D eigenvalue weighted by Gasteiger charge is -2.02. The fourth-order valence-electron chi connectivity index (χ4n) is 1.08. The Kier molecular flexibility index (Phi) is 2.15. The van der Waals surface area contributed by atoms with Crippen molar-refractivity contribution in [2.45, 2.75) is 6.10 Å². The minimum absolute atomic E-state index is 0.385. The highest BCUT2D eigenvalue weighted by atomic mass is 16.6. The van der Waals surface area contributed by atoms with E-state index >= 15 is 0 Å². The van der Waals surface area contributed by atoms with E-state index in [0.29, 0.717) is 11.7 Å². The summed E-state index contributed by atoms with van der Waals surface area (Å²) >= 11 is 0. The average molecular weight is 174 g/mol. The third-order valence-corrected chi connectivity index (χ3v) is 1.95. The number of rotatable bonds is 3. The summed E-state index contributed by atoms with van der Waals surface area (Å²) in [5, 5.41) is 11.8. The van der Waals surface area contributed by atoms with Crippen molar-refractivity contribution in [2.24, 2.45) is 0 Å². The standard InChI is InChI=1S/C10H10N2O/c11-5-8-1-3-9(4-2-8)12-6-10-7-13-10/h1-4,10,12H,6-7H2. The molecular formula is C10H10N2O. The number of nitrogens with zero attached hydrogens (tertiary/aromatic N) is 1. The number of hydrogen-bond acceptors (Lipinski definition) is 3. The van der Waals surface area contributed by atoms with E-state index in [1.165, 1.54) is 0 Å². The predicted octanol–water partition coefficient (Wildman–Crippen LogP) is 1.37. The molecule has 1 atom stereocenters. The molecule has 13 heavy (non-hydrogen) atoms. The molecule has 0 saturated carbocycles. The lowest BCUT2D eigenvalue weighted by Crippen LogP contribution is -2.07. The fraction of sp³-hybridized carbons (Fsp3) is 0.300. The van der Waals surface area contributed by atoms with Gasteiger partial charge in [0.2, 0.25) is 0 Å². The van der Waals surface area contributed by atoms with E-state index in [0.717, 1.165) is 18.8 Å². The van der Waals surface area contributed by atoms with Crippen molar-refractivity contribution >= 4 is 5.69 Å². The quantitative estimate of drug-likeness (QED) is 0.704. The van der Waals surface area contributed by atoms with Gasteiger partial charge in [-0.2, -0.15) is 5.26 Å². The van der Waals surface area contributed by atoms with Gasteiger partial charge in [0.25, 0.3) is 0 Å². The third-order valence-electron chi connectivity index (χ3n) is 1.95. The second-order valence-corrected chi connectivity index (χ2v) is 3.03. The molecule has 66 valence electrons. The molecule has 1 saturated heterocycles. The van der Waals surface area contributed by atoms with Crippen molar-refractivity contribution in [2.75, 3.05) is 18.5 Å². The molecule has 0 aliphatic carbocycles. The summed E-state index contributed by atoms with van der Waals surface area (Å²) in [6.45, 7) is 1.72. The molecule has 0 radical (unpaired) electrons. The zero-order valence-corrected chi connectivity index (χ0v) is 7.16. The van der Waals surface area contributed by atoms with Crippen molar-refractivity contribution in [3.63, 3.8) is 0 Å². The van der Waals surface area contributed by atoms with Crippen LogP contribution < -0.4 is 5.32 Å². The molecule has 0 spiro atoms. The number of nitriles is 1. The zero-order valence-electron chi connectivity index (χ0n) is 7.16.